The van der Waals surface area contributed by atoms with Gasteiger partial charge in [-0.05, 0) is 26.7 Å². The highest BCUT2D eigenvalue weighted by molar-refractivity contribution is 7.15. The van der Waals surface area contributed by atoms with Gasteiger partial charge < -0.3 is 4.90 Å². The first-order chi connectivity index (χ1) is 11.5. The van der Waals surface area contributed by atoms with E-state index in [1.54, 1.807) is 11.3 Å². The van der Waals surface area contributed by atoms with Gasteiger partial charge >= 0.3 is 0 Å². The molecule has 0 aliphatic carbocycles. The van der Waals surface area contributed by atoms with Crippen LogP contribution in [0.1, 0.15) is 41.5 Å². The number of imidazole rings is 1. The maximum absolute atomic E-state index is 12.9. The van der Waals surface area contributed by atoms with Crippen molar-refractivity contribution >= 4 is 22.2 Å². The van der Waals surface area contributed by atoms with Crippen molar-refractivity contribution < 1.29 is 4.79 Å². The quantitative estimate of drug-likeness (QED) is 0.735. The summed E-state index contributed by atoms with van der Waals surface area (Å²) in [6, 6.07) is 0.148. The van der Waals surface area contributed by atoms with Crippen molar-refractivity contribution in [1.82, 2.24) is 24.1 Å². The van der Waals surface area contributed by atoms with E-state index >= 15 is 0 Å². The number of rotatable bonds is 3. The van der Waals surface area contributed by atoms with Gasteiger partial charge in [0, 0.05) is 42.6 Å². The van der Waals surface area contributed by atoms with E-state index in [1.807, 2.05) is 45.7 Å². The zero-order valence-corrected chi connectivity index (χ0v) is 15.0. The predicted octanol–water partition coefficient (Wildman–Crippen LogP) is 2.65. The van der Waals surface area contributed by atoms with Crippen LogP contribution in [0.3, 0.4) is 0 Å². The third-order valence-corrected chi connectivity index (χ3v) is 5.72. The summed E-state index contributed by atoms with van der Waals surface area (Å²) in [6.45, 7) is 4.94. The van der Waals surface area contributed by atoms with Crippen molar-refractivity contribution in [3.8, 4) is 0 Å². The molecule has 4 rings (SSSR count). The fraction of sp³-hybridized carbons (Fsp3) is 0.471. The van der Waals surface area contributed by atoms with E-state index in [2.05, 4.69) is 17.0 Å². The summed E-state index contributed by atoms with van der Waals surface area (Å²) < 4.78 is 3.89. The van der Waals surface area contributed by atoms with Gasteiger partial charge in [-0.1, -0.05) is 0 Å². The van der Waals surface area contributed by atoms with E-state index in [0.717, 1.165) is 41.4 Å². The summed E-state index contributed by atoms with van der Waals surface area (Å²) in [5.41, 5.74) is 4.24. The van der Waals surface area contributed by atoms with Gasteiger partial charge in [-0.25, -0.2) is 4.98 Å². The molecule has 0 spiro atoms. The first kappa shape index (κ1) is 15.4. The van der Waals surface area contributed by atoms with Crippen molar-refractivity contribution in [2.75, 3.05) is 6.54 Å². The molecule has 3 aromatic heterocycles. The van der Waals surface area contributed by atoms with E-state index in [0.29, 0.717) is 6.42 Å². The summed E-state index contributed by atoms with van der Waals surface area (Å²) in [7, 11) is 1.96. The zero-order chi connectivity index (χ0) is 16.8. The highest BCUT2D eigenvalue weighted by Gasteiger charge is 2.33. The summed E-state index contributed by atoms with van der Waals surface area (Å²) in [4.78, 5) is 20.4. The van der Waals surface area contributed by atoms with Gasteiger partial charge in [0.2, 0.25) is 5.91 Å². The highest BCUT2D eigenvalue weighted by atomic mass is 32.1. The van der Waals surface area contributed by atoms with Crippen LogP contribution in [0, 0.1) is 13.8 Å². The molecule has 126 valence electrons. The number of aromatic nitrogens is 4. The molecule has 1 aliphatic heterocycles. The standard InChI is InChI=1S/C17H21N5OS/c1-11-16(12(2)20(3)19-11)14-5-4-6-22(14)15(23)9-13-10-21-7-8-24-17(21)18-13/h7-8,10,14H,4-6,9H2,1-3H3/t14-/m0/s1. The molecular weight excluding hydrogens is 322 g/mol. The Morgan fingerprint density at radius 1 is 1.42 bits per heavy atom. The van der Waals surface area contributed by atoms with Crippen molar-refractivity contribution in [3.63, 3.8) is 0 Å². The van der Waals surface area contributed by atoms with Crippen LogP contribution in [0.5, 0.6) is 0 Å². The molecule has 1 aliphatic rings. The van der Waals surface area contributed by atoms with Gasteiger partial charge in [0.05, 0.1) is 23.9 Å². The minimum absolute atomic E-state index is 0.148. The van der Waals surface area contributed by atoms with Crippen LogP contribution in [-0.2, 0) is 18.3 Å². The Bertz CT molecular complexity index is 877. The minimum atomic E-state index is 0.148. The molecular formula is C17H21N5OS. The van der Waals surface area contributed by atoms with Crippen LogP contribution < -0.4 is 0 Å². The summed E-state index contributed by atoms with van der Waals surface area (Å²) in [5.74, 6) is 0.158. The second-order valence-electron chi connectivity index (χ2n) is 6.46. The number of likely N-dealkylation sites (tertiary alicyclic amines) is 1. The van der Waals surface area contributed by atoms with Crippen LogP contribution in [-0.4, -0.2) is 36.5 Å². The topological polar surface area (TPSA) is 55.4 Å². The fourth-order valence-corrected chi connectivity index (χ4v) is 4.47. The second kappa shape index (κ2) is 5.73. The van der Waals surface area contributed by atoms with Crippen LogP contribution >= 0.6 is 11.3 Å². The van der Waals surface area contributed by atoms with Crippen LogP contribution in [0.4, 0.5) is 0 Å². The average Bonchev–Trinajstić information content (AvgIpc) is 3.25. The molecule has 0 aromatic carbocycles. The normalized spacial score (nSPS) is 18.0. The lowest BCUT2D eigenvalue weighted by atomic mass is 10.0. The Kier molecular flexibility index (Phi) is 3.68. The number of aryl methyl sites for hydroxylation is 2. The van der Waals surface area contributed by atoms with Crippen molar-refractivity contribution in [2.24, 2.45) is 7.05 Å². The molecule has 0 radical (unpaired) electrons. The molecule has 0 unspecified atom stereocenters. The average molecular weight is 343 g/mol. The molecule has 1 atom stereocenters. The lowest BCUT2D eigenvalue weighted by Crippen LogP contribution is -2.32. The Morgan fingerprint density at radius 2 is 2.25 bits per heavy atom. The van der Waals surface area contributed by atoms with Crippen molar-refractivity contribution in [3.05, 3.63) is 40.4 Å². The number of hydrogen-bond donors (Lipinski definition) is 0. The SMILES string of the molecule is Cc1nn(C)c(C)c1[C@@H]1CCCN1C(=O)Cc1cn2ccsc2n1. The summed E-state index contributed by atoms with van der Waals surface area (Å²) in [6.07, 6.45) is 6.35. The number of amides is 1. The van der Waals surface area contributed by atoms with E-state index in [4.69, 9.17) is 0 Å². The number of fused-ring (bicyclic) bond motifs is 1. The number of hydrogen-bond acceptors (Lipinski definition) is 4. The van der Waals surface area contributed by atoms with E-state index in [-0.39, 0.29) is 11.9 Å². The molecule has 3 aromatic rings. The van der Waals surface area contributed by atoms with Gasteiger partial charge in [-0.2, -0.15) is 5.10 Å². The Balaban J connectivity index is 1.57. The second-order valence-corrected chi connectivity index (χ2v) is 7.33. The van der Waals surface area contributed by atoms with E-state index in [9.17, 15) is 4.79 Å². The third-order valence-electron chi connectivity index (χ3n) is 4.95. The number of carbonyl (C=O) groups excluding carboxylic acids is 1. The predicted molar refractivity (Wildman–Crippen MR) is 93.1 cm³/mol. The number of thiazole rings is 1. The summed E-state index contributed by atoms with van der Waals surface area (Å²) in [5, 5.41) is 6.52. The maximum Gasteiger partial charge on any atom is 0.229 e. The molecule has 0 N–H and O–H groups in total. The smallest absolute Gasteiger partial charge is 0.229 e. The van der Waals surface area contributed by atoms with Crippen molar-refractivity contribution in [1.29, 1.82) is 0 Å². The zero-order valence-electron chi connectivity index (χ0n) is 14.2. The van der Waals surface area contributed by atoms with Gasteiger partial charge in [-0.15, -0.1) is 11.3 Å². The number of nitrogens with zero attached hydrogens (tertiary/aromatic N) is 5. The largest absolute Gasteiger partial charge is 0.335 e. The van der Waals surface area contributed by atoms with Crippen molar-refractivity contribution in [2.45, 2.75) is 39.2 Å². The van der Waals surface area contributed by atoms with Gasteiger partial charge in [0.1, 0.15) is 0 Å². The lowest BCUT2D eigenvalue weighted by molar-refractivity contribution is -0.131. The molecule has 1 saturated heterocycles. The number of carbonyl (C=O) groups is 1. The van der Waals surface area contributed by atoms with Crippen LogP contribution in [0.25, 0.3) is 4.96 Å². The Morgan fingerprint density at radius 3 is 2.96 bits per heavy atom. The van der Waals surface area contributed by atoms with Crippen LogP contribution in [0.2, 0.25) is 0 Å². The Labute approximate surface area is 144 Å². The molecule has 4 heterocycles. The van der Waals surface area contributed by atoms with Gasteiger partial charge in [0.25, 0.3) is 0 Å². The van der Waals surface area contributed by atoms with E-state index < -0.39 is 0 Å². The molecule has 1 fully saturated rings. The molecule has 24 heavy (non-hydrogen) atoms. The molecule has 6 nitrogen and oxygen atoms in total. The fourth-order valence-electron chi connectivity index (χ4n) is 3.76. The molecule has 0 saturated carbocycles. The summed E-state index contributed by atoms with van der Waals surface area (Å²) >= 11 is 1.59. The highest BCUT2D eigenvalue weighted by Crippen LogP contribution is 2.35. The Hall–Kier alpha value is -2.15. The minimum Gasteiger partial charge on any atom is -0.335 e. The first-order valence-electron chi connectivity index (χ1n) is 8.25. The van der Waals surface area contributed by atoms with Crippen LogP contribution in [0.15, 0.2) is 17.8 Å². The lowest BCUT2D eigenvalue weighted by Gasteiger charge is -2.25. The molecule has 1 amide bonds. The molecule has 7 heteroatoms. The third kappa shape index (κ3) is 2.43. The monoisotopic (exact) mass is 343 g/mol. The first-order valence-corrected chi connectivity index (χ1v) is 9.13. The maximum atomic E-state index is 12.9. The van der Waals surface area contributed by atoms with E-state index in [1.165, 1.54) is 5.56 Å². The van der Waals surface area contributed by atoms with Gasteiger partial charge in [0.15, 0.2) is 4.96 Å². The molecule has 0 bridgehead atoms. The van der Waals surface area contributed by atoms with Gasteiger partial charge in [-0.3, -0.25) is 13.9 Å².